The number of aliphatic hydroxyl groups excluding tert-OH is 2. The Hall–Kier alpha value is -1.51. The number of halogens is 1. The van der Waals surface area contributed by atoms with Gasteiger partial charge in [0, 0.05) is 11.8 Å². The van der Waals surface area contributed by atoms with Crippen molar-refractivity contribution in [3.8, 4) is 0 Å². The fraction of sp³-hybridized carbons (Fsp3) is 0.636. The van der Waals surface area contributed by atoms with E-state index in [2.05, 4.69) is 0 Å². The Kier molecular flexibility index (Phi) is 3.57. The van der Waals surface area contributed by atoms with E-state index in [0.29, 0.717) is 11.0 Å². The molecular weight excluding hydrogens is 259 g/mol. The predicted octanol–water partition coefficient (Wildman–Crippen LogP) is -1.53. The van der Waals surface area contributed by atoms with E-state index in [-0.39, 0.29) is 5.56 Å². The lowest BCUT2D eigenvalue weighted by Gasteiger charge is -2.25. The van der Waals surface area contributed by atoms with E-state index < -0.39 is 42.5 Å². The molecule has 1 aromatic heterocycles. The summed E-state index contributed by atoms with van der Waals surface area (Å²) in [5.74, 6) is -2.50. The molecule has 0 saturated carbocycles. The maximum atomic E-state index is 14.7. The number of aryl methyl sites for hydroxylation is 1. The van der Waals surface area contributed by atoms with Gasteiger partial charge in [-0.15, -0.1) is 0 Å². The van der Waals surface area contributed by atoms with Crippen LogP contribution in [0.1, 0.15) is 12.5 Å². The van der Waals surface area contributed by atoms with Gasteiger partial charge in [-0.1, -0.05) is 6.92 Å². The molecule has 0 spiro atoms. The zero-order valence-corrected chi connectivity index (χ0v) is 10.3. The number of alkyl halides is 1. The van der Waals surface area contributed by atoms with Gasteiger partial charge in [0.1, 0.15) is 18.8 Å². The van der Waals surface area contributed by atoms with Crippen molar-refractivity contribution in [2.75, 3.05) is 13.2 Å². The van der Waals surface area contributed by atoms with Crippen LogP contribution in [-0.2, 0) is 17.0 Å². The molecule has 0 aliphatic carbocycles. The van der Waals surface area contributed by atoms with Crippen molar-refractivity contribution in [2.24, 2.45) is 0 Å². The lowest BCUT2D eigenvalue weighted by molar-refractivity contribution is -0.0511. The largest absolute Gasteiger partial charge is 0.394 e. The van der Waals surface area contributed by atoms with Gasteiger partial charge in [-0.2, -0.15) is 0 Å². The summed E-state index contributed by atoms with van der Waals surface area (Å²) in [5.41, 5.74) is -1.33. The van der Waals surface area contributed by atoms with E-state index in [4.69, 9.17) is 9.84 Å². The highest BCUT2D eigenvalue weighted by molar-refractivity contribution is 5.07. The molecule has 0 aromatic carbocycles. The number of hydrogen-bond donors (Lipinski definition) is 3. The van der Waals surface area contributed by atoms with Crippen LogP contribution in [0.5, 0.6) is 0 Å². The van der Waals surface area contributed by atoms with Crippen molar-refractivity contribution in [1.82, 2.24) is 9.55 Å². The summed E-state index contributed by atoms with van der Waals surface area (Å²) in [6.07, 6.45) is -1.40. The molecule has 0 amide bonds. The zero-order chi connectivity index (χ0) is 14.2. The molecule has 0 unspecified atom stereocenters. The average molecular weight is 274 g/mol. The number of nitrogens with one attached hydrogen (secondary N) is 1. The van der Waals surface area contributed by atoms with Crippen LogP contribution in [0.2, 0.25) is 0 Å². The second-order valence-electron chi connectivity index (χ2n) is 4.43. The Balaban J connectivity index is 2.53. The first-order valence-corrected chi connectivity index (χ1v) is 5.88. The van der Waals surface area contributed by atoms with Gasteiger partial charge in [-0.05, 0) is 6.42 Å². The second-order valence-corrected chi connectivity index (χ2v) is 4.43. The number of aromatic amines is 1. The van der Waals surface area contributed by atoms with Gasteiger partial charge in [-0.25, -0.2) is 9.18 Å². The molecule has 19 heavy (non-hydrogen) atoms. The highest BCUT2D eigenvalue weighted by Gasteiger charge is 2.52. The molecule has 106 valence electrons. The van der Waals surface area contributed by atoms with Gasteiger partial charge in [-0.3, -0.25) is 14.3 Å². The quantitative estimate of drug-likeness (QED) is 0.620. The topological polar surface area (TPSA) is 105 Å². The standard InChI is InChI=1S/C11H15FN2O5/c1-2-6-3-14(10(18)13-9(6)17)11(12)5-19-7(4-15)8(11)16/h3,7-8,15-16H,2,4-5H2,1H3,(H,13,17,18)/t7-,8-,11+/m1/s1. The van der Waals surface area contributed by atoms with Crippen LogP contribution in [-0.4, -0.2) is 45.2 Å². The summed E-state index contributed by atoms with van der Waals surface area (Å²) < 4.78 is 20.3. The minimum atomic E-state index is -2.50. The van der Waals surface area contributed by atoms with Crippen molar-refractivity contribution >= 4 is 0 Å². The van der Waals surface area contributed by atoms with Gasteiger partial charge in [0.05, 0.1) is 6.61 Å². The van der Waals surface area contributed by atoms with Crippen molar-refractivity contribution in [3.63, 3.8) is 0 Å². The average Bonchev–Trinajstić information content (AvgIpc) is 2.67. The Bertz CT molecular complexity index is 583. The Morgan fingerprint density at radius 2 is 2.32 bits per heavy atom. The van der Waals surface area contributed by atoms with E-state index in [9.17, 15) is 19.1 Å². The van der Waals surface area contributed by atoms with Gasteiger partial charge in [0.15, 0.2) is 0 Å². The van der Waals surface area contributed by atoms with Crippen LogP contribution in [0.3, 0.4) is 0 Å². The van der Waals surface area contributed by atoms with E-state index in [1.165, 1.54) is 0 Å². The smallest absolute Gasteiger partial charge is 0.331 e. The third-order valence-electron chi connectivity index (χ3n) is 3.28. The molecule has 7 nitrogen and oxygen atoms in total. The van der Waals surface area contributed by atoms with Gasteiger partial charge in [0.25, 0.3) is 5.56 Å². The van der Waals surface area contributed by atoms with Crippen molar-refractivity contribution < 1.29 is 19.3 Å². The first-order valence-electron chi connectivity index (χ1n) is 5.88. The third kappa shape index (κ3) is 2.11. The van der Waals surface area contributed by atoms with Gasteiger partial charge >= 0.3 is 5.69 Å². The van der Waals surface area contributed by atoms with E-state index in [0.717, 1.165) is 6.20 Å². The fourth-order valence-electron chi connectivity index (χ4n) is 2.09. The number of rotatable bonds is 3. The van der Waals surface area contributed by atoms with Crippen LogP contribution in [0.15, 0.2) is 15.8 Å². The normalized spacial score (nSPS) is 30.7. The molecule has 1 saturated heterocycles. The lowest BCUT2D eigenvalue weighted by Crippen LogP contribution is -2.50. The Labute approximate surface area is 107 Å². The second kappa shape index (κ2) is 4.87. The predicted molar refractivity (Wildman–Crippen MR) is 62.6 cm³/mol. The number of hydrogen-bond acceptors (Lipinski definition) is 5. The maximum Gasteiger partial charge on any atom is 0.331 e. The number of H-pyrrole nitrogens is 1. The summed E-state index contributed by atoms with van der Waals surface area (Å²) >= 11 is 0. The molecule has 1 aromatic rings. The van der Waals surface area contributed by atoms with Gasteiger partial charge < -0.3 is 14.9 Å². The Morgan fingerprint density at radius 1 is 1.63 bits per heavy atom. The number of nitrogens with zero attached hydrogens (tertiary/aromatic N) is 1. The minimum absolute atomic E-state index is 0.219. The molecule has 1 aliphatic rings. The summed E-state index contributed by atoms with van der Waals surface area (Å²) in [6.45, 7) is 0.544. The first kappa shape index (κ1) is 13.9. The zero-order valence-electron chi connectivity index (χ0n) is 10.3. The number of ether oxygens (including phenoxy) is 1. The molecule has 1 fully saturated rings. The molecule has 3 atom stereocenters. The molecule has 0 radical (unpaired) electrons. The molecule has 0 bridgehead atoms. The number of aliphatic hydroxyl groups is 2. The SMILES string of the molecule is CCc1cn([C@@]2(F)CO[C@H](CO)[C@H]2O)c(=O)[nH]c1=O. The maximum absolute atomic E-state index is 14.7. The summed E-state index contributed by atoms with van der Waals surface area (Å²) in [4.78, 5) is 25.1. The molecule has 2 rings (SSSR count). The van der Waals surface area contributed by atoms with Crippen LogP contribution < -0.4 is 11.2 Å². The monoisotopic (exact) mass is 274 g/mol. The highest BCUT2D eigenvalue weighted by atomic mass is 19.1. The Morgan fingerprint density at radius 3 is 2.84 bits per heavy atom. The summed E-state index contributed by atoms with van der Waals surface area (Å²) in [5, 5.41) is 18.7. The minimum Gasteiger partial charge on any atom is -0.394 e. The molecule has 8 heteroatoms. The van der Waals surface area contributed by atoms with E-state index in [1.807, 2.05) is 4.98 Å². The van der Waals surface area contributed by atoms with Crippen molar-refractivity contribution in [1.29, 1.82) is 0 Å². The lowest BCUT2D eigenvalue weighted by atomic mass is 10.1. The van der Waals surface area contributed by atoms with Crippen LogP contribution in [0.25, 0.3) is 0 Å². The van der Waals surface area contributed by atoms with Crippen molar-refractivity contribution in [2.45, 2.75) is 31.3 Å². The van der Waals surface area contributed by atoms with Crippen LogP contribution in [0, 0.1) is 0 Å². The van der Waals surface area contributed by atoms with E-state index >= 15 is 0 Å². The molecule has 2 heterocycles. The van der Waals surface area contributed by atoms with Crippen LogP contribution in [0.4, 0.5) is 4.39 Å². The highest BCUT2D eigenvalue weighted by Crippen LogP contribution is 2.32. The molecule has 1 aliphatic heterocycles. The summed E-state index contributed by atoms with van der Waals surface area (Å²) in [7, 11) is 0. The fourth-order valence-corrected chi connectivity index (χ4v) is 2.09. The first-order chi connectivity index (χ1) is 8.93. The van der Waals surface area contributed by atoms with Gasteiger partial charge in [0.2, 0.25) is 5.79 Å². The van der Waals surface area contributed by atoms with Crippen molar-refractivity contribution in [3.05, 3.63) is 32.6 Å². The summed E-state index contributed by atoms with van der Waals surface area (Å²) in [6, 6.07) is 0. The molecule has 3 N–H and O–H groups in total. The third-order valence-corrected chi connectivity index (χ3v) is 3.28. The van der Waals surface area contributed by atoms with E-state index in [1.54, 1.807) is 6.92 Å². The number of aromatic nitrogens is 2. The van der Waals surface area contributed by atoms with Crippen LogP contribution >= 0.6 is 0 Å². The molecular formula is C11H15FN2O5.